The zero-order valence-electron chi connectivity index (χ0n) is 13.2. The number of halogens is 2. The van der Waals surface area contributed by atoms with E-state index in [0.717, 1.165) is 0 Å². The molecule has 0 aromatic heterocycles. The summed E-state index contributed by atoms with van der Waals surface area (Å²) in [5.41, 5.74) is 0.393. The fourth-order valence-electron chi connectivity index (χ4n) is 2.48. The minimum atomic E-state index is -0.747. The van der Waals surface area contributed by atoms with Crippen LogP contribution in [0.15, 0.2) is 18.2 Å². The van der Waals surface area contributed by atoms with Crippen molar-refractivity contribution in [1.29, 1.82) is 0 Å². The Balaban J connectivity index is 1.89. The van der Waals surface area contributed by atoms with Gasteiger partial charge in [-0.2, -0.15) is 0 Å². The Morgan fingerprint density at radius 3 is 2.46 bits per heavy atom. The van der Waals surface area contributed by atoms with Crippen LogP contribution in [0.4, 0.5) is 5.69 Å². The normalized spacial score (nSPS) is 15.0. The summed E-state index contributed by atoms with van der Waals surface area (Å²) in [6.45, 7) is 2.78. The predicted octanol–water partition coefficient (Wildman–Crippen LogP) is 2.73. The number of nitrogens with one attached hydrogen (secondary N) is 1. The van der Waals surface area contributed by atoms with Gasteiger partial charge >= 0.3 is 17.8 Å². The lowest BCUT2D eigenvalue weighted by Gasteiger charge is -2.30. The lowest BCUT2D eigenvalue weighted by Crippen LogP contribution is -2.45. The van der Waals surface area contributed by atoms with E-state index in [2.05, 4.69) is 5.32 Å². The maximum absolute atomic E-state index is 12.2. The molecule has 2 rings (SSSR count). The van der Waals surface area contributed by atoms with Crippen LogP contribution >= 0.6 is 23.2 Å². The average Bonchev–Trinajstić information content (AvgIpc) is 2.58. The lowest BCUT2D eigenvalue weighted by molar-refractivity contribution is -0.152. The Morgan fingerprint density at radius 1 is 1.21 bits per heavy atom. The quantitative estimate of drug-likeness (QED) is 0.653. The van der Waals surface area contributed by atoms with Crippen LogP contribution in [0.1, 0.15) is 19.8 Å². The Labute approximate surface area is 150 Å². The molecule has 0 saturated carbocycles. The van der Waals surface area contributed by atoms with Gasteiger partial charge in [0.2, 0.25) is 0 Å². The molecule has 0 bridgehead atoms. The van der Waals surface area contributed by atoms with E-state index in [1.54, 1.807) is 13.0 Å². The molecular formula is C16H18Cl2N2O4. The van der Waals surface area contributed by atoms with Gasteiger partial charge in [-0.05, 0) is 38.0 Å². The molecule has 1 aromatic carbocycles. The van der Waals surface area contributed by atoms with Crippen molar-refractivity contribution in [2.75, 3.05) is 25.0 Å². The zero-order chi connectivity index (χ0) is 17.7. The summed E-state index contributed by atoms with van der Waals surface area (Å²) in [6, 6.07) is 4.57. The average molecular weight is 373 g/mol. The molecule has 0 atom stereocenters. The van der Waals surface area contributed by atoms with Gasteiger partial charge in [0.25, 0.3) is 0 Å². The van der Waals surface area contributed by atoms with E-state index in [9.17, 15) is 14.4 Å². The summed E-state index contributed by atoms with van der Waals surface area (Å²) in [7, 11) is 0. The third-order valence-electron chi connectivity index (χ3n) is 3.77. The molecule has 0 radical (unpaired) electrons. The van der Waals surface area contributed by atoms with Gasteiger partial charge in [0.1, 0.15) is 0 Å². The van der Waals surface area contributed by atoms with Crippen molar-refractivity contribution in [3.63, 3.8) is 0 Å². The van der Waals surface area contributed by atoms with E-state index in [4.69, 9.17) is 27.9 Å². The van der Waals surface area contributed by atoms with Crippen molar-refractivity contribution < 1.29 is 19.1 Å². The largest absolute Gasteiger partial charge is 0.466 e. The van der Waals surface area contributed by atoms with Gasteiger partial charge in [0.05, 0.1) is 22.6 Å². The third kappa shape index (κ3) is 4.61. The summed E-state index contributed by atoms with van der Waals surface area (Å²) < 4.78 is 4.98. The molecule has 1 aliphatic heterocycles. The number of carbonyl (C=O) groups is 3. The Kier molecular flexibility index (Phi) is 6.45. The van der Waals surface area contributed by atoms with Crippen LogP contribution in [0.5, 0.6) is 0 Å². The van der Waals surface area contributed by atoms with Gasteiger partial charge in [-0.25, -0.2) is 0 Å². The highest BCUT2D eigenvalue weighted by molar-refractivity contribution is 6.42. The van der Waals surface area contributed by atoms with Gasteiger partial charge in [-0.3, -0.25) is 14.4 Å². The first-order chi connectivity index (χ1) is 11.4. The fourth-order valence-corrected chi connectivity index (χ4v) is 2.78. The number of hydrogen-bond acceptors (Lipinski definition) is 4. The molecular weight excluding hydrogens is 355 g/mol. The molecule has 1 aliphatic rings. The van der Waals surface area contributed by atoms with E-state index >= 15 is 0 Å². The van der Waals surface area contributed by atoms with Crippen molar-refractivity contribution in [2.45, 2.75) is 19.8 Å². The number of esters is 1. The molecule has 2 amide bonds. The van der Waals surface area contributed by atoms with Gasteiger partial charge in [-0.1, -0.05) is 23.2 Å². The first-order valence-corrected chi connectivity index (χ1v) is 8.40. The van der Waals surface area contributed by atoms with E-state index in [0.29, 0.717) is 43.2 Å². The van der Waals surface area contributed by atoms with Crippen LogP contribution in [0.2, 0.25) is 10.0 Å². The molecule has 130 valence electrons. The van der Waals surface area contributed by atoms with Crippen LogP contribution in [0, 0.1) is 5.92 Å². The molecule has 24 heavy (non-hydrogen) atoms. The molecule has 8 heteroatoms. The number of anilines is 1. The van der Waals surface area contributed by atoms with E-state index in [-0.39, 0.29) is 16.9 Å². The maximum atomic E-state index is 12.2. The van der Waals surface area contributed by atoms with Gasteiger partial charge in [0.15, 0.2) is 0 Å². The zero-order valence-corrected chi connectivity index (χ0v) is 14.7. The number of rotatable bonds is 3. The van der Waals surface area contributed by atoms with Crippen LogP contribution in [-0.2, 0) is 19.1 Å². The standard InChI is InChI=1S/C16H18Cl2N2O4/c1-2-24-16(23)10-5-7-20(8-6-10)15(22)14(21)19-11-3-4-12(17)13(18)9-11/h3-4,9-10H,2,5-8H2,1H3,(H,19,21). The van der Waals surface area contributed by atoms with Gasteiger partial charge in [-0.15, -0.1) is 0 Å². The summed E-state index contributed by atoms with van der Waals surface area (Å²) in [4.78, 5) is 37.4. The second-order valence-corrected chi connectivity index (χ2v) is 6.22. The van der Waals surface area contributed by atoms with Crippen LogP contribution in [0.3, 0.4) is 0 Å². The molecule has 1 aromatic rings. The van der Waals surface area contributed by atoms with Gasteiger partial charge in [0, 0.05) is 18.8 Å². The lowest BCUT2D eigenvalue weighted by atomic mass is 9.97. The summed E-state index contributed by atoms with van der Waals surface area (Å²) in [5, 5.41) is 3.15. The molecule has 1 heterocycles. The van der Waals surface area contributed by atoms with Crippen molar-refractivity contribution in [1.82, 2.24) is 4.90 Å². The van der Waals surface area contributed by atoms with Crippen molar-refractivity contribution >= 4 is 46.7 Å². The summed E-state index contributed by atoms with van der Waals surface area (Å²) in [6.07, 6.45) is 0.981. The monoisotopic (exact) mass is 372 g/mol. The highest BCUT2D eigenvalue weighted by Gasteiger charge is 2.30. The Morgan fingerprint density at radius 2 is 1.88 bits per heavy atom. The molecule has 1 saturated heterocycles. The second kappa shape index (κ2) is 8.35. The number of likely N-dealkylation sites (tertiary alicyclic amines) is 1. The van der Waals surface area contributed by atoms with Crippen molar-refractivity contribution in [2.24, 2.45) is 5.92 Å². The first kappa shape index (κ1) is 18.5. The first-order valence-electron chi connectivity index (χ1n) is 7.64. The van der Waals surface area contributed by atoms with E-state index in [1.165, 1.54) is 17.0 Å². The van der Waals surface area contributed by atoms with Crippen LogP contribution in [-0.4, -0.2) is 42.4 Å². The van der Waals surface area contributed by atoms with Crippen LogP contribution < -0.4 is 5.32 Å². The van der Waals surface area contributed by atoms with Crippen molar-refractivity contribution in [3.05, 3.63) is 28.2 Å². The third-order valence-corrected chi connectivity index (χ3v) is 4.51. The SMILES string of the molecule is CCOC(=O)C1CCN(C(=O)C(=O)Nc2ccc(Cl)c(Cl)c2)CC1. The molecule has 0 aliphatic carbocycles. The predicted molar refractivity (Wildman–Crippen MR) is 91.0 cm³/mol. The smallest absolute Gasteiger partial charge is 0.313 e. The number of amides is 2. The Bertz CT molecular complexity index is 643. The van der Waals surface area contributed by atoms with Crippen molar-refractivity contribution in [3.8, 4) is 0 Å². The number of piperidine rings is 1. The Hall–Kier alpha value is -1.79. The van der Waals surface area contributed by atoms with Gasteiger partial charge < -0.3 is 15.0 Å². The molecule has 0 unspecified atom stereocenters. The molecule has 0 spiro atoms. The molecule has 1 fully saturated rings. The fraction of sp³-hybridized carbons (Fsp3) is 0.438. The number of nitrogens with zero attached hydrogens (tertiary/aromatic N) is 1. The summed E-state index contributed by atoms with van der Waals surface area (Å²) >= 11 is 11.7. The second-order valence-electron chi connectivity index (χ2n) is 5.40. The molecule has 1 N–H and O–H groups in total. The minimum Gasteiger partial charge on any atom is -0.466 e. The highest BCUT2D eigenvalue weighted by atomic mass is 35.5. The number of carbonyl (C=O) groups excluding carboxylic acids is 3. The van der Waals surface area contributed by atoms with Crippen LogP contribution in [0.25, 0.3) is 0 Å². The minimum absolute atomic E-state index is 0.216. The van der Waals surface area contributed by atoms with E-state index in [1.807, 2.05) is 0 Å². The maximum Gasteiger partial charge on any atom is 0.313 e. The summed E-state index contributed by atoms with van der Waals surface area (Å²) in [5.74, 6) is -1.84. The highest BCUT2D eigenvalue weighted by Crippen LogP contribution is 2.25. The molecule has 6 nitrogen and oxygen atoms in total. The topological polar surface area (TPSA) is 75.7 Å². The number of benzene rings is 1. The van der Waals surface area contributed by atoms with E-state index < -0.39 is 11.8 Å². The number of ether oxygens (including phenoxy) is 1. The number of hydrogen-bond donors (Lipinski definition) is 1.